The van der Waals surface area contributed by atoms with Crippen molar-refractivity contribution in [3.63, 3.8) is 0 Å². The molecule has 0 radical (unpaired) electrons. The van der Waals surface area contributed by atoms with Gasteiger partial charge in [0.1, 0.15) is 5.82 Å². The van der Waals surface area contributed by atoms with Gasteiger partial charge in [-0.3, -0.25) is 0 Å². The zero-order chi connectivity index (χ0) is 13.1. The number of benzene rings is 1. The molecule has 0 atom stereocenters. The van der Waals surface area contributed by atoms with Gasteiger partial charge >= 0.3 is 0 Å². The van der Waals surface area contributed by atoms with E-state index in [1.54, 1.807) is 17.4 Å². The molecule has 0 spiro atoms. The molecule has 96 valence electrons. The fourth-order valence-electron chi connectivity index (χ4n) is 1.74. The first-order valence-corrected chi connectivity index (χ1v) is 7.23. The van der Waals surface area contributed by atoms with Crippen molar-refractivity contribution in [2.24, 2.45) is 0 Å². The molecule has 1 aromatic heterocycles. The first-order valence-electron chi connectivity index (χ1n) is 5.56. The van der Waals surface area contributed by atoms with Crippen LogP contribution in [0.1, 0.15) is 4.88 Å². The minimum absolute atomic E-state index is 0.215. The van der Waals surface area contributed by atoms with Gasteiger partial charge in [0, 0.05) is 28.3 Å². The predicted molar refractivity (Wildman–Crippen MR) is 79.8 cm³/mol. The standard InChI is InChI=1S/C13H14BrFN2S/c1-17(6-5-10-7-9(14)8-18-10)12-4-2-3-11(15)13(12)16/h2-4,7-8H,5-6,16H2,1H3. The van der Waals surface area contributed by atoms with Gasteiger partial charge in [0.25, 0.3) is 0 Å². The maximum atomic E-state index is 13.4. The highest BCUT2D eigenvalue weighted by molar-refractivity contribution is 9.10. The highest BCUT2D eigenvalue weighted by atomic mass is 79.9. The van der Waals surface area contributed by atoms with E-state index in [1.807, 2.05) is 18.0 Å². The highest BCUT2D eigenvalue weighted by Crippen LogP contribution is 2.25. The molecule has 18 heavy (non-hydrogen) atoms. The van der Waals surface area contributed by atoms with Crippen molar-refractivity contribution in [1.29, 1.82) is 0 Å². The second-order valence-electron chi connectivity index (χ2n) is 4.08. The number of rotatable bonds is 4. The molecule has 2 N–H and O–H groups in total. The maximum Gasteiger partial charge on any atom is 0.148 e. The van der Waals surface area contributed by atoms with E-state index in [-0.39, 0.29) is 11.5 Å². The number of likely N-dealkylation sites (N-methyl/N-ethyl adjacent to an activating group) is 1. The summed E-state index contributed by atoms with van der Waals surface area (Å²) in [6.07, 6.45) is 0.919. The third-order valence-electron chi connectivity index (χ3n) is 2.76. The van der Waals surface area contributed by atoms with Crippen LogP contribution < -0.4 is 10.6 Å². The van der Waals surface area contributed by atoms with Crippen LogP contribution in [-0.2, 0) is 6.42 Å². The maximum absolute atomic E-state index is 13.4. The van der Waals surface area contributed by atoms with Crippen LogP contribution in [0.25, 0.3) is 0 Å². The van der Waals surface area contributed by atoms with Crippen LogP contribution in [0.3, 0.4) is 0 Å². The molecule has 1 aromatic carbocycles. The van der Waals surface area contributed by atoms with Crippen molar-refractivity contribution in [2.75, 3.05) is 24.2 Å². The predicted octanol–water partition coefficient (Wildman–Crippen LogP) is 3.91. The smallest absolute Gasteiger partial charge is 0.148 e. The Balaban J connectivity index is 2.03. The van der Waals surface area contributed by atoms with Gasteiger partial charge in [-0.25, -0.2) is 4.39 Å². The molecular weight excluding hydrogens is 315 g/mol. The molecule has 2 nitrogen and oxygen atoms in total. The summed E-state index contributed by atoms with van der Waals surface area (Å²) in [5.74, 6) is -0.363. The van der Waals surface area contributed by atoms with Gasteiger partial charge < -0.3 is 10.6 Å². The summed E-state index contributed by atoms with van der Waals surface area (Å²) in [6, 6.07) is 7.00. The molecule has 0 aliphatic rings. The summed E-state index contributed by atoms with van der Waals surface area (Å²) < 4.78 is 14.5. The lowest BCUT2D eigenvalue weighted by atomic mass is 10.2. The van der Waals surface area contributed by atoms with Gasteiger partial charge in [-0.05, 0) is 40.5 Å². The van der Waals surface area contributed by atoms with Crippen LogP contribution in [0, 0.1) is 5.82 Å². The Morgan fingerprint density at radius 2 is 2.22 bits per heavy atom. The van der Waals surface area contributed by atoms with Crippen molar-refractivity contribution in [3.8, 4) is 0 Å². The average molecular weight is 329 g/mol. The minimum Gasteiger partial charge on any atom is -0.395 e. The molecule has 2 rings (SSSR count). The van der Waals surface area contributed by atoms with E-state index >= 15 is 0 Å². The molecular formula is C13H14BrFN2S. The van der Waals surface area contributed by atoms with Gasteiger partial charge in [0.15, 0.2) is 0 Å². The number of nitrogens with two attached hydrogens (primary N) is 1. The van der Waals surface area contributed by atoms with Crippen LogP contribution in [0.4, 0.5) is 15.8 Å². The normalized spacial score (nSPS) is 10.6. The molecule has 1 heterocycles. The Morgan fingerprint density at radius 1 is 1.44 bits per heavy atom. The summed E-state index contributed by atoms with van der Waals surface area (Å²) in [6.45, 7) is 0.806. The largest absolute Gasteiger partial charge is 0.395 e. The third kappa shape index (κ3) is 3.03. The summed E-state index contributed by atoms with van der Waals surface area (Å²) >= 11 is 5.15. The summed E-state index contributed by atoms with van der Waals surface area (Å²) in [4.78, 5) is 3.27. The van der Waals surface area contributed by atoms with Crippen LogP contribution in [0.2, 0.25) is 0 Å². The second kappa shape index (κ2) is 5.71. The minimum atomic E-state index is -0.363. The Kier molecular flexibility index (Phi) is 4.24. The molecule has 5 heteroatoms. The second-order valence-corrected chi connectivity index (χ2v) is 5.99. The quantitative estimate of drug-likeness (QED) is 0.862. The van der Waals surface area contributed by atoms with Gasteiger partial charge in [0.05, 0.1) is 11.4 Å². The summed E-state index contributed by atoms with van der Waals surface area (Å²) in [5.41, 5.74) is 6.69. The molecule has 0 amide bonds. The monoisotopic (exact) mass is 328 g/mol. The molecule has 0 saturated carbocycles. The Morgan fingerprint density at radius 3 is 2.89 bits per heavy atom. The van der Waals surface area contributed by atoms with Crippen molar-refractivity contribution >= 4 is 38.6 Å². The van der Waals surface area contributed by atoms with Crippen molar-refractivity contribution < 1.29 is 4.39 Å². The summed E-state index contributed by atoms with van der Waals surface area (Å²) in [7, 11) is 1.92. The molecule has 0 unspecified atom stereocenters. The number of thiophene rings is 1. The molecule has 0 aliphatic heterocycles. The molecule has 0 saturated heterocycles. The van der Waals surface area contributed by atoms with E-state index in [9.17, 15) is 4.39 Å². The first-order chi connectivity index (χ1) is 8.58. The number of nitrogen functional groups attached to an aromatic ring is 1. The number of para-hydroxylation sites is 1. The summed E-state index contributed by atoms with van der Waals surface area (Å²) in [5, 5.41) is 2.06. The SMILES string of the molecule is CN(CCc1cc(Br)cs1)c1cccc(F)c1N. The van der Waals surface area contributed by atoms with Crippen molar-refractivity contribution in [2.45, 2.75) is 6.42 Å². The zero-order valence-electron chi connectivity index (χ0n) is 9.99. The fourth-order valence-corrected chi connectivity index (χ4v) is 3.19. The number of nitrogens with zero attached hydrogens (tertiary/aromatic N) is 1. The molecule has 0 fully saturated rings. The van der Waals surface area contributed by atoms with Crippen LogP contribution in [0.15, 0.2) is 34.1 Å². The van der Waals surface area contributed by atoms with E-state index in [0.717, 1.165) is 23.1 Å². The average Bonchev–Trinajstić information content (AvgIpc) is 2.76. The zero-order valence-corrected chi connectivity index (χ0v) is 12.4. The van der Waals surface area contributed by atoms with Crippen LogP contribution in [0.5, 0.6) is 0 Å². The first kappa shape index (κ1) is 13.4. The van der Waals surface area contributed by atoms with Crippen LogP contribution >= 0.6 is 27.3 Å². The molecule has 0 bridgehead atoms. The van der Waals surface area contributed by atoms with Gasteiger partial charge in [-0.2, -0.15) is 0 Å². The lowest BCUT2D eigenvalue weighted by Crippen LogP contribution is -2.21. The van der Waals surface area contributed by atoms with E-state index in [1.165, 1.54) is 10.9 Å². The molecule has 2 aromatic rings. The number of hydrogen-bond donors (Lipinski definition) is 1. The van der Waals surface area contributed by atoms with E-state index in [0.29, 0.717) is 0 Å². The topological polar surface area (TPSA) is 29.3 Å². The van der Waals surface area contributed by atoms with Crippen LogP contribution in [-0.4, -0.2) is 13.6 Å². The van der Waals surface area contributed by atoms with E-state index < -0.39 is 0 Å². The number of hydrogen-bond acceptors (Lipinski definition) is 3. The Labute approximate surface area is 118 Å². The third-order valence-corrected chi connectivity index (χ3v) is 4.51. The lowest BCUT2D eigenvalue weighted by Gasteiger charge is -2.20. The van der Waals surface area contributed by atoms with Crippen molar-refractivity contribution in [3.05, 3.63) is 44.8 Å². The number of anilines is 2. The fraction of sp³-hybridized carbons (Fsp3) is 0.231. The number of halogens is 2. The van der Waals surface area contributed by atoms with E-state index in [2.05, 4.69) is 27.4 Å². The highest BCUT2D eigenvalue weighted by Gasteiger charge is 2.09. The van der Waals surface area contributed by atoms with Gasteiger partial charge in [0.2, 0.25) is 0 Å². The Hall–Kier alpha value is -1.07. The van der Waals surface area contributed by atoms with Gasteiger partial charge in [-0.15, -0.1) is 11.3 Å². The van der Waals surface area contributed by atoms with Gasteiger partial charge in [-0.1, -0.05) is 6.07 Å². The Bertz CT molecular complexity index is 542. The van der Waals surface area contributed by atoms with Crippen molar-refractivity contribution in [1.82, 2.24) is 0 Å². The lowest BCUT2D eigenvalue weighted by molar-refractivity contribution is 0.632. The van der Waals surface area contributed by atoms with E-state index in [4.69, 9.17) is 5.73 Å². The molecule has 0 aliphatic carbocycles.